The van der Waals surface area contributed by atoms with E-state index < -0.39 is 0 Å². The summed E-state index contributed by atoms with van der Waals surface area (Å²) in [6.45, 7) is 1.97. The Balaban J connectivity index is 2.00. The second-order valence-electron chi connectivity index (χ2n) is 4.33. The zero-order chi connectivity index (χ0) is 15.5. The van der Waals surface area contributed by atoms with E-state index in [-0.39, 0.29) is 0 Å². The third-order valence-electron chi connectivity index (χ3n) is 2.93. The molecule has 8 heteroatoms. The SMILES string of the molecule is COc1nc(-c2cnc(SC)nn2)ccc1-c1cnc(C)s1. The maximum absolute atomic E-state index is 5.41. The molecule has 0 saturated carbocycles. The second kappa shape index (κ2) is 6.37. The summed E-state index contributed by atoms with van der Waals surface area (Å²) in [7, 11) is 1.60. The van der Waals surface area contributed by atoms with E-state index in [2.05, 4.69) is 25.1 Å². The summed E-state index contributed by atoms with van der Waals surface area (Å²) in [5.74, 6) is 0.539. The maximum atomic E-state index is 5.41. The summed E-state index contributed by atoms with van der Waals surface area (Å²) >= 11 is 3.05. The van der Waals surface area contributed by atoms with Crippen LogP contribution in [0.4, 0.5) is 0 Å². The Kier molecular flexibility index (Phi) is 4.30. The van der Waals surface area contributed by atoms with E-state index >= 15 is 0 Å². The smallest absolute Gasteiger partial charge is 0.222 e. The molecule has 3 aromatic rings. The lowest BCUT2D eigenvalue weighted by Gasteiger charge is -2.07. The predicted octanol–water partition coefficient (Wildman–Crippen LogP) is 3.10. The number of thioether (sulfide) groups is 1. The highest BCUT2D eigenvalue weighted by Gasteiger charge is 2.13. The molecule has 0 spiro atoms. The van der Waals surface area contributed by atoms with Crippen molar-refractivity contribution < 1.29 is 4.74 Å². The lowest BCUT2D eigenvalue weighted by molar-refractivity contribution is 0.400. The molecule has 6 nitrogen and oxygen atoms in total. The molecule has 0 atom stereocenters. The van der Waals surface area contributed by atoms with Crippen LogP contribution in [0.15, 0.2) is 29.7 Å². The standard InChI is InChI=1S/C14H13N5OS2/c1-8-15-7-12(22-8)9-4-5-10(17-13(9)20-2)11-6-16-14(21-3)19-18-11/h4-7H,1-3H3. The van der Waals surface area contributed by atoms with Crippen molar-refractivity contribution in [3.8, 4) is 27.7 Å². The quantitative estimate of drug-likeness (QED) is 0.680. The molecule has 0 amide bonds. The molecule has 3 aromatic heterocycles. The Hall–Kier alpha value is -2.06. The molecule has 0 aromatic carbocycles. The van der Waals surface area contributed by atoms with Gasteiger partial charge in [-0.15, -0.1) is 21.5 Å². The van der Waals surface area contributed by atoms with E-state index in [0.29, 0.717) is 22.4 Å². The molecule has 0 radical (unpaired) electrons. The lowest BCUT2D eigenvalue weighted by atomic mass is 10.2. The maximum Gasteiger partial charge on any atom is 0.222 e. The van der Waals surface area contributed by atoms with E-state index in [1.165, 1.54) is 11.8 Å². The van der Waals surface area contributed by atoms with E-state index in [9.17, 15) is 0 Å². The normalized spacial score (nSPS) is 10.7. The minimum Gasteiger partial charge on any atom is -0.481 e. The summed E-state index contributed by atoms with van der Waals surface area (Å²) in [6, 6.07) is 3.84. The van der Waals surface area contributed by atoms with E-state index in [4.69, 9.17) is 4.74 Å². The summed E-state index contributed by atoms with van der Waals surface area (Å²) < 4.78 is 5.41. The molecule has 112 valence electrons. The van der Waals surface area contributed by atoms with E-state index in [1.54, 1.807) is 24.6 Å². The third-order valence-corrected chi connectivity index (χ3v) is 4.42. The highest BCUT2D eigenvalue weighted by atomic mass is 32.2. The Morgan fingerprint density at radius 2 is 1.95 bits per heavy atom. The van der Waals surface area contributed by atoms with Crippen LogP contribution in [0.3, 0.4) is 0 Å². The number of hydrogen-bond donors (Lipinski definition) is 0. The third kappa shape index (κ3) is 2.93. The van der Waals surface area contributed by atoms with Gasteiger partial charge < -0.3 is 4.74 Å². The highest BCUT2D eigenvalue weighted by molar-refractivity contribution is 7.98. The fourth-order valence-electron chi connectivity index (χ4n) is 1.89. The lowest BCUT2D eigenvalue weighted by Crippen LogP contribution is -1.97. The average molecular weight is 331 g/mol. The molecule has 0 bridgehead atoms. The van der Waals surface area contributed by atoms with Crippen molar-refractivity contribution in [2.75, 3.05) is 13.4 Å². The summed E-state index contributed by atoms with van der Waals surface area (Å²) in [6.07, 6.45) is 5.40. The fourth-order valence-corrected chi connectivity index (χ4v) is 2.96. The van der Waals surface area contributed by atoms with Crippen molar-refractivity contribution in [1.82, 2.24) is 25.1 Å². The Morgan fingerprint density at radius 1 is 1.09 bits per heavy atom. The highest BCUT2D eigenvalue weighted by Crippen LogP contribution is 2.33. The van der Waals surface area contributed by atoms with Crippen LogP contribution in [0, 0.1) is 6.92 Å². The van der Waals surface area contributed by atoms with Crippen molar-refractivity contribution in [2.45, 2.75) is 12.1 Å². The summed E-state index contributed by atoms with van der Waals surface area (Å²) in [5, 5.41) is 9.80. The summed E-state index contributed by atoms with van der Waals surface area (Å²) in [4.78, 5) is 14.0. The van der Waals surface area contributed by atoms with Crippen LogP contribution < -0.4 is 4.74 Å². The Bertz CT molecular complexity index is 788. The molecule has 0 saturated heterocycles. The van der Waals surface area contributed by atoms with Crippen molar-refractivity contribution in [1.29, 1.82) is 0 Å². The summed E-state index contributed by atoms with van der Waals surface area (Å²) in [5.41, 5.74) is 2.20. The number of pyridine rings is 1. The van der Waals surface area contributed by atoms with Gasteiger partial charge in [-0.05, 0) is 25.3 Å². The molecule has 0 N–H and O–H groups in total. The molecule has 0 fully saturated rings. The molecular formula is C14H13N5OS2. The van der Waals surface area contributed by atoms with Crippen LogP contribution in [0.5, 0.6) is 5.88 Å². The van der Waals surface area contributed by atoms with Gasteiger partial charge in [0.25, 0.3) is 0 Å². The predicted molar refractivity (Wildman–Crippen MR) is 87.2 cm³/mol. The number of ether oxygens (including phenoxy) is 1. The number of nitrogens with zero attached hydrogens (tertiary/aromatic N) is 5. The van der Waals surface area contributed by atoms with Gasteiger partial charge in [-0.3, -0.25) is 0 Å². The van der Waals surface area contributed by atoms with Gasteiger partial charge in [-0.1, -0.05) is 11.8 Å². The van der Waals surface area contributed by atoms with Crippen LogP contribution >= 0.6 is 23.1 Å². The monoisotopic (exact) mass is 331 g/mol. The Labute approximate surface area is 136 Å². The Morgan fingerprint density at radius 3 is 2.55 bits per heavy atom. The zero-order valence-electron chi connectivity index (χ0n) is 12.3. The first-order valence-electron chi connectivity index (χ1n) is 6.43. The molecule has 3 heterocycles. The van der Waals surface area contributed by atoms with Crippen molar-refractivity contribution >= 4 is 23.1 Å². The molecular weight excluding hydrogens is 318 g/mol. The van der Waals surface area contributed by atoms with Crippen LogP contribution in [-0.4, -0.2) is 38.5 Å². The van der Waals surface area contributed by atoms with Gasteiger partial charge in [0.1, 0.15) is 5.69 Å². The topological polar surface area (TPSA) is 73.7 Å². The van der Waals surface area contributed by atoms with E-state index in [0.717, 1.165) is 15.4 Å². The molecule has 22 heavy (non-hydrogen) atoms. The molecule has 0 aliphatic carbocycles. The van der Waals surface area contributed by atoms with Crippen LogP contribution in [0.1, 0.15) is 5.01 Å². The number of hydrogen-bond acceptors (Lipinski definition) is 8. The molecule has 3 rings (SSSR count). The molecule has 0 aliphatic heterocycles. The first-order valence-corrected chi connectivity index (χ1v) is 8.47. The fraction of sp³-hybridized carbons (Fsp3) is 0.214. The average Bonchev–Trinajstić information content (AvgIpc) is 3.00. The van der Waals surface area contributed by atoms with Gasteiger partial charge in [0.2, 0.25) is 11.0 Å². The van der Waals surface area contributed by atoms with Gasteiger partial charge in [-0.25, -0.2) is 15.0 Å². The van der Waals surface area contributed by atoms with Crippen LogP contribution in [-0.2, 0) is 0 Å². The minimum absolute atomic E-state index is 0.539. The number of thiazole rings is 1. The van der Waals surface area contributed by atoms with Crippen molar-refractivity contribution in [2.24, 2.45) is 0 Å². The first kappa shape index (κ1) is 14.9. The van der Waals surface area contributed by atoms with E-state index in [1.807, 2.05) is 31.5 Å². The molecule has 0 unspecified atom stereocenters. The largest absolute Gasteiger partial charge is 0.481 e. The van der Waals surface area contributed by atoms with Gasteiger partial charge in [0.15, 0.2) is 0 Å². The number of rotatable bonds is 4. The van der Waals surface area contributed by atoms with Gasteiger partial charge in [-0.2, -0.15) is 0 Å². The number of aryl methyl sites for hydroxylation is 1. The number of methoxy groups -OCH3 is 1. The first-order chi connectivity index (χ1) is 10.7. The minimum atomic E-state index is 0.539. The zero-order valence-corrected chi connectivity index (χ0v) is 13.9. The van der Waals surface area contributed by atoms with Gasteiger partial charge >= 0.3 is 0 Å². The van der Waals surface area contributed by atoms with Gasteiger partial charge in [0, 0.05) is 6.20 Å². The van der Waals surface area contributed by atoms with Crippen LogP contribution in [0.2, 0.25) is 0 Å². The van der Waals surface area contributed by atoms with Crippen LogP contribution in [0.25, 0.3) is 21.8 Å². The second-order valence-corrected chi connectivity index (χ2v) is 6.34. The number of aromatic nitrogens is 5. The van der Waals surface area contributed by atoms with Crippen molar-refractivity contribution in [3.63, 3.8) is 0 Å². The van der Waals surface area contributed by atoms with Gasteiger partial charge in [0.05, 0.1) is 34.4 Å². The molecule has 0 aliphatic rings. The van der Waals surface area contributed by atoms with Crippen molar-refractivity contribution in [3.05, 3.63) is 29.5 Å².